The Kier molecular flexibility index (Phi) is 12.3. The molecule has 0 atom stereocenters. The Labute approximate surface area is 80.7 Å². The molecule has 0 saturated heterocycles. The number of nitrogens with zero attached hydrogens (tertiary/aromatic N) is 1. The molecule has 0 spiro atoms. The highest BCUT2D eigenvalue weighted by atomic mass is 32.2. The molecule has 0 aromatic rings. The van der Waals surface area contributed by atoms with Crippen molar-refractivity contribution < 1.29 is 0 Å². The fraction of sp³-hybridized carbons (Fsp3) is 0.500. The second-order valence-corrected chi connectivity index (χ2v) is 3.04. The molecule has 12 heavy (non-hydrogen) atoms. The summed E-state index contributed by atoms with van der Waals surface area (Å²) < 4.78 is 0. The Morgan fingerprint density at radius 2 is 2.00 bits per heavy atom. The summed E-state index contributed by atoms with van der Waals surface area (Å²) in [4.78, 5) is 3.87. The molecule has 0 N–H and O–H groups in total. The van der Waals surface area contributed by atoms with Crippen LogP contribution in [0.15, 0.2) is 28.2 Å². The summed E-state index contributed by atoms with van der Waals surface area (Å²) in [6, 6.07) is 0. The molecule has 0 aromatic heterocycles. The van der Waals surface area contributed by atoms with E-state index in [-0.39, 0.29) is 0 Å². The maximum Gasteiger partial charge on any atom is 0.0981 e. The molecule has 0 heterocycles. The maximum absolute atomic E-state index is 3.87. The summed E-state index contributed by atoms with van der Waals surface area (Å²) in [7, 11) is 0. The molecular weight excluding hydrogens is 166 g/mol. The fourth-order valence-corrected chi connectivity index (χ4v) is 1.18. The van der Waals surface area contributed by atoms with Gasteiger partial charge in [-0.1, -0.05) is 33.4 Å². The lowest BCUT2D eigenvalue weighted by molar-refractivity contribution is 1.40. The normalized spacial score (nSPS) is 10.7. The van der Waals surface area contributed by atoms with Crippen LogP contribution in [0.2, 0.25) is 0 Å². The van der Waals surface area contributed by atoms with Gasteiger partial charge in [0.1, 0.15) is 0 Å². The van der Waals surface area contributed by atoms with Crippen molar-refractivity contribution in [2.75, 3.05) is 5.75 Å². The van der Waals surface area contributed by atoms with E-state index in [1.54, 1.807) is 17.8 Å². The largest absolute Gasteiger partial charge is 0.257 e. The number of hydrogen-bond acceptors (Lipinski definition) is 2. The standard InChI is InChI=1S/C8H13NS.C2H6/c1-5-7(3)8(9-4)10-6-2;1-2/h5H,1,4,6H2,2-3H3;1-2H3/b8-7+;. The zero-order valence-corrected chi connectivity index (χ0v) is 9.37. The summed E-state index contributed by atoms with van der Waals surface area (Å²) >= 11 is 1.69. The van der Waals surface area contributed by atoms with Crippen molar-refractivity contribution in [3.8, 4) is 0 Å². The first-order valence-corrected chi connectivity index (χ1v) is 5.17. The van der Waals surface area contributed by atoms with Crippen molar-refractivity contribution in [2.24, 2.45) is 4.99 Å². The molecule has 0 amide bonds. The van der Waals surface area contributed by atoms with Gasteiger partial charge in [0.05, 0.1) is 5.03 Å². The Balaban J connectivity index is 0. The highest BCUT2D eigenvalue weighted by Gasteiger charge is 1.94. The van der Waals surface area contributed by atoms with Crippen molar-refractivity contribution in [3.63, 3.8) is 0 Å². The lowest BCUT2D eigenvalue weighted by atomic mass is 10.3. The minimum Gasteiger partial charge on any atom is -0.257 e. The Hall–Kier alpha value is -0.500. The summed E-state index contributed by atoms with van der Waals surface area (Å²) in [5.74, 6) is 1.03. The molecule has 70 valence electrons. The maximum atomic E-state index is 3.87. The van der Waals surface area contributed by atoms with Gasteiger partial charge in [-0.3, -0.25) is 4.99 Å². The first-order valence-electron chi connectivity index (χ1n) is 4.19. The molecular formula is C10H19NS. The van der Waals surface area contributed by atoms with Gasteiger partial charge in [0.15, 0.2) is 0 Å². The monoisotopic (exact) mass is 185 g/mol. The predicted molar refractivity (Wildman–Crippen MR) is 61.9 cm³/mol. The van der Waals surface area contributed by atoms with Crippen LogP contribution in [0.1, 0.15) is 27.7 Å². The van der Waals surface area contributed by atoms with Gasteiger partial charge >= 0.3 is 0 Å². The second-order valence-electron chi connectivity index (χ2n) is 1.78. The summed E-state index contributed by atoms with van der Waals surface area (Å²) in [5.41, 5.74) is 1.10. The van der Waals surface area contributed by atoms with E-state index in [1.807, 2.05) is 20.8 Å². The molecule has 0 aromatic carbocycles. The molecule has 0 bridgehead atoms. The van der Waals surface area contributed by atoms with Gasteiger partial charge < -0.3 is 0 Å². The molecule has 0 aliphatic carbocycles. The molecule has 1 nitrogen and oxygen atoms in total. The quantitative estimate of drug-likeness (QED) is 0.478. The molecule has 2 heteroatoms. The number of thioether (sulfide) groups is 1. The first kappa shape index (κ1) is 14.0. The van der Waals surface area contributed by atoms with Gasteiger partial charge in [-0.2, -0.15) is 0 Å². The third-order valence-corrected chi connectivity index (χ3v) is 2.08. The van der Waals surface area contributed by atoms with Gasteiger partial charge in [-0.15, -0.1) is 11.8 Å². The molecule has 0 saturated carbocycles. The van der Waals surface area contributed by atoms with Gasteiger partial charge in [0, 0.05) is 0 Å². The Morgan fingerprint density at radius 1 is 1.50 bits per heavy atom. The van der Waals surface area contributed by atoms with E-state index in [9.17, 15) is 0 Å². The second kappa shape index (κ2) is 10.5. The fourth-order valence-electron chi connectivity index (χ4n) is 0.508. The average molecular weight is 185 g/mol. The van der Waals surface area contributed by atoms with Gasteiger partial charge in [0.25, 0.3) is 0 Å². The SMILES string of the molecule is C=C/C(C)=C(\N=C)SCC.CC. The van der Waals surface area contributed by atoms with Gasteiger partial charge in [-0.05, 0) is 25.0 Å². The number of allylic oxidation sites excluding steroid dienone is 2. The van der Waals surface area contributed by atoms with E-state index in [4.69, 9.17) is 0 Å². The van der Waals surface area contributed by atoms with Crippen LogP contribution >= 0.6 is 11.8 Å². The van der Waals surface area contributed by atoms with Crippen LogP contribution < -0.4 is 0 Å². The molecule has 0 rings (SSSR count). The van der Waals surface area contributed by atoms with Crippen LogP contribution in [0.5, 0.6) is 0 Å². The van der Waals surface area contributed by atoms with E-state index in [1.165, 1.54) is 0 Å². The number of aliphatic imine (C=N–C) groups is 1. The summed E-state index contributed by atoms with van der Waals surface area (Å²) in [6.45, 7) is 15.2. The lowest BCUT2D eigenvalue weighted by Crippen LogP contribution is -1.77. The number of hydrogen-bond donors (Lipinski definition) is 0. The van der Waals surface area contributed by atoms with E-state index in [0.717, 1.165) is 16.4 Å². The lowest BCUT2D eigenvalue weighted by Gasteiger charge is -1.99. The molecule has 0 fully saturated rings. The van der Waals surface area contributed by atoms with E-state index < -0.39 is 0 Å². The topological polar surface area (TPSA) is 12.4 Å². The first-order chi connectivity index (χ1) is 5.76. The Bertz CT molecular complexity index is 159. The van der Waals surface area contributed by atoms with E-state index in [0.29, 0.717) is 0 Å². The zero-order chi connectivity index (χ0) is 9.98. The number of rotatable bonds is 4. The van der Waals surface area contributed by atoms with Crippen LogP contribution in [0.25, 0.3) is 0 Å². The zero-order valence-electron chi connectivity index (χ0n) is 8.55. The minimum absolute atomic E-state index is 0.984. The highest BCUT2D eigenvalue weighted by Crippen LogP contribution is 2.20. The van der Waals surface area contributed by atoms with E-state index >= 15 is 0 Å². The van der Waals surface area contributed by atoms with Crippen LogP contribution in [-0.2, 0) is 0 Å². The predicted octanol–water partition coefficient (Wildman–Crippen LogP) is 3.88. The van der Waals surface area contributed by atoms with Crippen LogP contribution in [0, 0.1) is 0 Å². The third kappa shape index (κ3) is 6.23. The van der Waals surface area contributed by atoms with Gasteiger partial charge in [-0.25, -0.2) is 0 Å². The Morgan fingerprint density at radius 3 is 2.25 bits per heavy atom. The van der Waals surface area contributed by atoms with Crippen LogP contribution in [-0.4, -0.2) is 12.5 Å². The minimum atomic E-state index is 0.984. The van der Waals surface area contributed by atoms with Crippen molar-refractivity contribution in [1.29, 1.82) is 0 Å². The van der Waals surface area contributed by atoms with Crippen molar-refractivity contribution in [3.05, 3.63) is 23.3 Å². The smallest absolute Gasteiger partial charge is 0.0981 e. The molecule has 0 radical (unpaired) electrons. The van der Waals surface area contributed by atoms with Crippen LogP contribution in [0.3, 0.4) is 0 Å². The highest BCUT2D eigenvalue weighted by molar-refractivity contribution is 8.03. The molecule has 0 unspecified atom stereocenters. The molecule has 0 aliphatic rings. The van der Waals surface area contributed by atoms with Crippen molar-refractivity contribution in [2.45, 2.75) is 27.7 Å². The van der Waals surface area contributed by atoms with Crippen LogP contribution in [0.4, 0.5) is 0 Å². The molecule has 0 aliphatic heterocycles. The summed E-state index contributed by atoms with van der Waals surface area (Å²) in [5, 5.41) is 0.984. The van der Waals surface area contributed by atoms with E-state index in [2.05, 4.69) is 25.2 Å². The summed E-state index contributed by atoms with van der Waals surface area (Å²) in [6.07, 6.45) is 1.80. The third-order valence-electron chi connectivity index (χ3n) is 1.07. The van der Waals surface area contributed by atoms with Crippen molar-refractivity contribution in [1.82, 2.24) is 0 Å². The average Bonchev–Trinajstić information content (AvgIpc) is 2.16. The van der Waals surface area contributed by atoms with Crippen molar-refractivity contribution >= 4 is 18.5 Å². The van der Waals surface area contributed by atoms with Gasteiger partial charge in [0.2, 0.25) is 0 Å².